The maximum Gasteiger partial charge on any atom is 0.210 e. The van der Waals surface area contributed by atoms with Gasteiger partial charge in [-0.05, 0) is 81.1 Å². The van der Waals surface area contributed by atoms with Gasteiger partial charge in [0.2, 0.25) is 9.84 Å². The first-order valence-corrected chi connectivity index (χ1v) is 18.7. The van der Waals surface area contributed by atoms with Crippen molar-refractivity contribution >= 4 is 37.2 Å². The lowest BCUT2D eigenvalue weighted by Gasteiger charge is -2.42. The van der Waals surface area contributed by atoms with Crippen LogP contribution in [-0.4, -0.2) is 78.8 Å². The Morgan fingerprint density at radius 2 is 1.74 bits per heavy atom. The van der Waals surface area contributed by atoms with Crippen molar-refractivity contribution in [3.63, 3.8) is 0 Å². The van der Waals surface area contributed by atoms with Crippen LogP contribution < -0.4 is 9.64 Å². The number of pyridine rings is 1. The Morgan fingerprint density at radius 3 is 2.44 bits per heavy atom. The number of anilines is 1. The molecular formula is C33H45N3O5S2. The van der Waals surface area contributed by atoms with Crippen molar-refractivity contribution in [1.29, 1.82) is 0 Å². The summed E-state index contributed by atoms with van der Waals surface area (Å²) in [6.07, 6.45) is 12.2. The van der Waals surface area contributed by atoms with Crippen LogP contribution in [0.5, 0.6) is 5.75 Å². The lowest BCUT2D eigenvalue weighted by molar-refractivity contribution is 0.0398. The molecule has 0 bridgehead atoms. The molecule has 1 aromatic heterocycles. The van der Waals surface area contributed by atoms with Gasteiger partial charge in [-0.2, -0.15) is 0 Å². The Bertz CT molecular complexity index is 1500. The van der Waals surface area contributed by atoms with E-state index in [1.165, 1.54) is 25.5 Å². The molecule has 2 fully saturated rings. The first kappa shape index (κ1) is 31.9. The number of hydrogen-bond acceptors (Lipinski definition) is 8. The maximum absolute atomic E-state index is 14.2. The van der Waals surface area contributed by atoms with Gasteiger partial charge in [-0.1, -0.05) is 32.6 Å². The number of fused-ring (bicyclic) bond motifs is 1. The second kappa shape index (κ2) is 14.5. The van der Waals surface area contributed by atoms with Crippen molar-refractivity contribution in [3.8, 4) is 5.75 Å². The van der Waals surface area contributed by atoms with Crippen LogP contribution in [0.25, 0.3) is 10.9 Å². The summed E-state index contributed by atoms with van der Waals surface area (Å²) in [5.74, 6) is 0.659. The Labute approximate surface area is 258 Å². The van der Waals surface area contributed by atoms with Crippen LogP contribution in [0.3, 0.4) is 0 Å². The summed E-state index contributed by atoms with van der Waals surface area (Å²) in [6.45, 7) is 5.87. The number of unbranched alkanes of at least 4 members (excludes halogenated alkanes) is 4. The number of aliphatic hydroxyl groups excluding tert-OH is 1. The molecule has 0 amide bonds. The van der Waals surface area contributed by atoms with E-state index in [0.29, 0.717) is 59.5 Å². The molecule has 0 saturated carbocycles. The summed E-state index contributed by atoms with van der Waals surface area (Å²) >= 11 is 0. The van der Waals surface area contributed by atoms with E-state index in [1.807, 2.05) is 12.1 Å². The van der Waals surface area contributed by atoms with Gasteiger partial charge in [0.15, 0.2) is 0 Å². The third-order valence-electron chi connectivity index (χ3n) is 8.77. The fraction of sp³-hybridized carbons (Fsp3) is 0.545. The van der Waals surface area contributed by atoms with Crippen LogP contribution in [0.4, 0.5) is 5.69 Å². The van der Waals surface area contributed by atoms with Crippen LogP contribution >= 0.6 is 0 Å². The Kier molecular flexibility index (Phi) is 10.8. The lowest BCUT2D eigenvalue weighted by Crippen LogP contribution is -2.49. The first-order chi connectivity index (χ1) is 20.8. The van der Waals surface area contributed by atoms with Crippen molar-refractivity contribution in [2.24, 2.45) is 0 Å². The van der Waals surface area contributed by atoms with Gasteiger partial charge in [0.05, 0.1) is 28.8 Å². The fourth-order valence-electron chi connectivity index (χ4n) is 6.35. The second-order valence-electron chi connectivity index (χ2n) is 11.9. The van der Waals surface area contributed by atoms with Crippen molar-refractivity contribution in [2.45, 2.75) is 91.5 Å². The summed E-state index contributed by atoms with van der Waals surface area (Å²) < 4.78 is 46.6. The van der Waals surface area contributed by atoms with Crippen molar-refractivity contribution in [1.82, 2.24) is 9.88 Å². The van der Waals surface area contributed by atoms with E-state index in [-0.39, 0.29) is 15.9 Å². The zero-order valence-corrected chi connectivity index (χ0v) is 27.0. The molecule has 43 heavy (non-hydrogen) atoms. The maximum atomic E-state index is 14.2. The number of piperidine rings is 2. The lowest BCUT2D eigenvalue weighted by atomic mass is 9.98. The first-order valence-electron chi connectivity index (χ1n) is 15.7. The van der Waals surface area contributed by atoms with Gasteiger partial charge in [-0.15, -0.1) is 0 Å². The van der Waals surface area contributed by atoms with Gasteiger partial charge in [0.25, 0.3) is 0 Å². The van der Waals surface area contributed by atoms with Gasteiger partial charge < -0.3 is 14.7 Å². The number of ether oxygens (including phenoxy) is 1. The van der Waals surface area contributed by atoms with E-state index in [2.05, 4.69) is 21.7 Å². The quantitative estimate of drug-likeness (QED) is 0.260. The van der Waals surface area contributed by atoms with Gasteiger partial charge in [-0.25, -0.2) is 8.42 Å². The minimum absolute atomic E-state index is 0.162. The smallest absolute Gasteiger partial charge is 0.210 e. The third kappa shape index (κ3) is 7.59. The van der Waals surface area contributed by atoms with E-state index in [9.17, 15) is 17.7 Å². The van der Waals surface area contributed by atoms with Gasteiger partial charge in [0, 0.05) is 59.2 Å². The molecule has 8 nitrogen and oxygen atoms in total. The number of aliphatic hydroxyl groups is 1. The van der Waals surface area contributed by atoms with Crippen molar-refractivity contribution < 1.29 is 22.5 Å². The molecule has 2 aliphatic rings. The number of benzene rings is 2. The monoisotopic (exact) mass is 627 g/mol. The largest absolute Gasteiger partial charge is 0.494 e. The molecule has 0 radical (unpaired) electrons. The van der Waals surface area contributed by atoms with E-state index >= 15 is 0 Å². The van der Waals surface area contributed by atoms with Gasteiger partial charge >= 0.3 is 0 Å². The number of hydrogen-bond donors (Lipinski definition) is 1. The molecule has 2 aromatic carbocycles. The standard InChI is InChI=1S/C33H45N3O5S2/c1-3-4-5-6-7-21-41-27-10-13-29(14-11-27)43(39,40)32-23-34-31-15-12-28(42(2)38)22-30(31)33(32)35-19-16-25(17-20-35)36-18-8-9-26(37)24-36/h10-15,22-23,25-26,37H,3-9,16-21,24H2,1-2H3. The average Bonchev–Trinajstić information content (AvgIpc) is 3.02. The molecule has 3 heterocycles. The number of sulfone groups is 1. The van der Waals surface area contributed by atoms with Crippen LogP contribution in [0.1, 0.15) is 64.7 Å². The predicted molar refractivity (Wildman–Crippen MR) is 172 cm³/mol. The van der Waals surface area contributed by atoms with E-state index in [4.69, 9.17) is 4.74 Å². The van der Waals surface area contributed by atoms with Crippen LogP contribution in [0, 0.1) is 0 Å². The summed E-state index contributed by atoms with van der Waals surface area (Å²) in [5, 5.41) is 10.9. The van der Waals surface area contributed by atoms with Crippen LogP contribution in [0.15, 0.2) is 63.3 Å². The molecule has 234 valence electrons. The number of β-amino-alcohol motifs (C(OH)–C–C–N with tert-alkyl or cyclic N) is 1. The highest BCUT2D eigenvalue weighted by molar-refractivity contribution is 7.91. The molecular weight excluding hydrogens is 583 g/mol. The highest BCUT2D eigenvalue weighted by Crippen LogP contribution is 2.38. The van der Waals surface area contributed by atoms with Crippen molar-refractivity contribution in [2.75, 3.05) is 43.9 Å². The van der Waals surface area contributed by atoms with Gasteiger partial charge in [0.1, 0.15) is 10.6 Å². The Balaban J connectivity index is 1.42. The van der Waals surface area contributed by atoms with Gasteiger partial charge in [-0.3, -0.25) is 14.1 Å². The predicted octanol–water partition coefficient (Wildman–Crippen LogP) is 5.58. The zero-order chi connectivity index (χ0) is 30.4. The van der Waals surface area contributed by atoms with Crippen LogP contribution in [-0.2, 0) is 20.6 Å². The molecule has 2 aliphatic heterocycles. The molecule has 2 saturated heterocycles. The SMILES string of the molecule is CCCCCCCOc1ccc(S(=O)(=O)c2cnc3ccc(S(C)=O)cc3c2N2CCC(N3CCCC(O)C3)CC2)cc1. The minimum Gasteiger partial charge on any atom is -0.494 e. The molecule has 0 aliphatic carbocycles. The summed E-state index contributed by atoms with van der Waals surface area (Å²) in [6, 6.07) is 12.5. The fourth-order valence-corrected chi connectivity index (χ4v) is 8.33. The summed E-state index contributed by atoms with van der Waals surface area (Å²) in [5.41, 5.74) is 1.30. The molecule has 0 spiro atoms. The number of rotatable bonds is 12. The average molecular weight is 628 g/mol. The summed E-state index contributed by atoms with van der Waals surface area (Å²) in [4.78, 5) is 10.1. The van der Waals surface area contributed by atoms with Crippen LogP contribution in [0.2, 0.25) is 0 Å². The molecule has 10 heteroatoms. The van der Waals surface area contributed by atoms with E-state index in [1.54, 1.807) is 36.6 Å². The second-order valence-corrected chi connectivity index (χ2v) is 15.1. The number of nitrogens with zero attached hydrogens (tertiary/aromatic N) is 3. The molecule has 5 rings (SSSR count). The van der Waals surface area contributed by atoms with Crippen molar-refractivity contribution in [3.05, 3.63) is 48.7 Å². The highest BCUT2D eigenvalue weighted by atomic mass is 32.2. The van der Waals surface area contributed by atoms with E-state index < -0.39 is 20.6 Å². The normalized spacial score (nSPS) is 19.5. The number of likely N-dealkylation sites (tertiary alicyclic amines) is 1. The molecule has 2 atom stereocenters. The highest BCUT2D eigenvalue weighted by Gasteiger charge is 2.32. The Morgan fingerprint density at radius 1 is 1.00 bits per heavy atom. The third-order valence-corrected chi connectivity index (χ3v) is 11.5. The zero-order valence-electron chi connectivity index (χ0n) is 25.4. The summed E-state index contributed by atoms with van der Waals surface area (Å²) in [7, 11) is -5.14. The molecule has 3 aromatic rings. The molecule has 1 N–H and O–H groups in total. The molecule has 2 unspecified atom stereocenters. The Hall–Kier alpha value is -2.53. The minimum atomic E-state index is -3.92. The number of aromatic nitrogens is 1. The topological polar surface area (TPSA) is 100 Å². The van der Waals surface area contributed by atoms with E-state index in [0.717, 1.165) is 45.1 Å².